The number of nitrogens with one attached hydrogen (secondary N) is 2. The van der Waals surface area contributed by atoms with E-state index >= 15 is 0 Å². The summed E-state index contributed by atoms with van der Waals surface area (Å²) in [6.07, 6.45) is 20.3. The Labute approximate surface area is 151 Å². The van der Waals surface area contributed by atoms with Gasteiger partial charge >= 0.3 is 6.09 Å². The molecule has 1 aliphatic rings. The van der Waals surface area contributed by atoms with Crippen LogP contribution in [0.2, 0.25) is 0 Å². The third kappa shape index (κ3) is 7.74. The lowest BCUT2D eigenvalue weighted by Gasteiger charge is -2.09. The molecule has 0 saturated carbocycles. The van der Waals surface area contributed by atoms with Gasteiger partial charge in [-0.3, -0.25) is 10.3 Å². The molecular formula is C20H18FN3O2. The number of amides is 1. The fraction of sp³-hybridized carbons (Fsp3) is 0. The van der Waals surface area contributed by atoms with Crippen LogP contribution in [0.3, 0.4) is 0 Å². The maximum Gasteiger partial charge on any atom is 0.418 e. The highest BCUT2D eigenvalue weighted by Gasteiger charge is 2.06. The van der Waals surface area contributed by atoms with E-state index < -0.39 is 6.09 Å². The van der Waals surface area contributed by atoms with Crippen LogP contribution >= 0.6 is 0 Å². The number of benzene rings is 1. The fourth-order valence-corrected chi connectivity index (χ4v) is 1.71. The Morgan fingerprint density at radius 1 is 0.923 bits per heavy atom. The van der Waals surface area contributed by atoms with E-state index in [0.717, 1.165) is 0 Å². The highest BCUT2D eigenvalue weighted by atomic mass is 19.1. The molecule has 0 aliphatic carbocycles. The largest absolute Gasteiger partial charge is 0.418 e. The highest BCUT2D eigenvalue weighted by Crippen LogP contribution is 2.09. The van der Waals surface area contributed by atoms with Crippen LogP contribution in [0.5, 0.6) is 0 Å². The predicted molar refractivity (Wildman–Crippen MR) is 102 cm³/mol. The number of carbonyl (C=O) groups is 1. The van der Waals surface area contributed by atoms with Crippen LogP contribution in [-0.2, 0) is 4.74 Å². The minimum absolute atomic E-state index is 0.125. The molecule has 0 atom stereocenters. The van der Waals surface area contributed by atoms with Crippen molar-refractivity contribution in [2.24, 2.45) is 4.99 Å². The number of allylic oxidation sites excluding steroid dienone is 9. The van der Waals surface area contributed by atoms with Gasteiger partial charge in [0.15, 0.2) is 0 Å². The third-order valence-electron chi connectivity index (χ3n) is 2.87. The quantitative estimate of drug-likeness (QED) is 0.819. The Balaban J connectivity index is 2.04. The second-order valence-electron chi connectivity index (χ2n) is 4.86. The molecule has 6 heteroatoms. The lowest BCUT2D eigenvalue weighted by atomic mass is 10.3. The third-order valence-corrected chi connectivity index (χ3v) is 2.87. The molecule has 0 bridgehead atoms. The van der Waals surface area contributed by atoms with E-state index in [1.165, 1.54) is 30.5 Å². The van der Waals surface area contributed by atoms with Crippen LogP contribution in [0.4, 0.5) is 14.9 Å². The fourth-order valence-electron chi connectivity index (χ4n) is 1.71. The van der Waals surface area contributed by atoms with E-state index in [0.29, 0.717) is 5.69 Å². The van der Waals surface area contributed by atoms with E-state index in [4.69, 9.17) is 4.74 Å². The van der Waals surface area contributed by atoms with Gasteiger partial charge in [0.1, 0.15) is 5.82 Å². The molecule has 1 aromatic rings. The van der Waals surface area contributed by atoms with Crippen molar-refractivity contribution < 1.29 is 13.9 Å². The summed E-state index contributed by atoms with van der Waals surface area (Å²) < 4.78 is 18.1. The minimum Gasteiger partial charge on any atom is -0.391 e. The van der Waals surface area contributed by atoms with Crippen molar-refractivity contribution in [3.63, 3.8) is 0 Å². The molecule has 0 spiro atoms. The maximum atomic E-state index is 12.9. The number of anilines is 1. The van der Waals surface area contributed by atoms with Gasteiger partial charge in [-0.1, -0.05) is 42.5 Å². The number of hydrogen-bond acceptors (Lipinski definition) is 4. The number of aliphatic imine (C=N–C) groups is 1. The van der Waals surface area contributed by atoms with Gasteiger partial charge in [-0.25, -0.2) is 9.18 Å². The van der Waals surface area contributed by atoms with Crippen molar-refractivity contribution in [1.82, 2.24) is 5.32 Å². The first-order valence-corrected chi connectivity index (χ1v) is 7.80. The van der Waals surface area contributed by atoms with Crippen LogP contribution in [0.25, 0.3) is 0 Å². The van der Waals surface area contributed by atoms with Crippen LogP contribution in [0.1, 0.15) is 0 Å². The first kappa shape index (κ1) is 18.7. The second kappa shape index (κ2) is 11.0. The molecule has 1 aliphatic heterocycles. The molecule has 1 aromatic carbocycles. The van der Waals surface area contributed by atoms with Crippen molar-refractivity contribution >= 4 is 18.0 Å². The van der Waals surface area contributed by atoms with Crippen molar-refractivity contribution in [3.8, 4) is 0 Å². The van der Waals surface area contributed by atoms with Gasteiger partial charge in [-0.05, 0) is 36.4 Å². The van der Waals surface area contributed by atoms with Crippen molar-refractivity contribution in [1.29, 1.82) is 0 Å². The second-order valence-corrected chi connectivity index (χ2v) is 4.86. The van der Waals surface area contributed by atoms with E-state index in [2.05, 4.69) is 15.6 Å². The Kier molecular flexibility index (Phi) is 7.89. The highest BCUT2D eigenvalue weighted by molar-refractivity contribution is 5.85. The van der Waals surface area contributed by atoms with Crippen LogP contribution in [0, 0.1) is 5.82 Å². The van der Waals surface area contributed by atoms with Crippen LogP contribution < -0.4 is 10.6 Å². The molecule has 132 valence electrons. The number of ether oxygens (including phenoxy) is 1. The Morgan fingerprint density at radius 3 is 2.23 bits per heavy atom. The SMILES string of the molecule is O=C(Nc1ccc(F)cc1)OC1=CN=CC=CC=CC=CC=CC=CN1. The molecule has 0 radical (unpaired) electrons. The zero-order chi connectivity index (χ0) is 18.5. The molecule has 1 heterocycles. The van der Waals surface area contributed by atoms with E-state index in [-0.39, 0.29) is 11.7 Å². The topological polar surface area (TPSA) is 62.7 Å². The normalized spacial score (nSPS) is 14.1. The molecule has 5 nitrogen and oxygen atoms in total. The van der Waals surface area contributed by atoms with Gasteiger partial charge in [0.2, 0.25) is 5.88 Å². The number of halogens is 1. The Morgan fingerprint density at radius 2 is 1.54 bits per heavy atom. The summed E-state index contributed by atoms with van der Waals surface area (Å²) in [5.41, 5.74) is 0.414. The summed E-state index contributed by atoms with van der Waals surface area (Å²) in [5.74, 6) is -0.264. The summed E-state index contributed by atoms with van der Waals surface area (Å²) in [6, 6.07) is 5.35. The van der Waals surface area contributed by atoms with Gasteiger partial charge in [0.25, 0.3) is 0 Å². The van der Waals surface area contributed by atoms with Gasteiger partial charge in [-0.2, -0.15) is 0 Å². The predicted octanol–water partition coefficient (Wildman–Crippen LogP) is 4.59. The molecule has 0 aromatic heterocycles. The number of hydrogen-bond donors (Lipinski definition) is 2. The lowest BCUT2D eigenvalue weighted by Crippen LogP contribution is -2.18. The minimum atomic E-state index is -0.728. The van der Waals surface area contributed by atoms with Gasteiger partial charge in [0.05, 0.1) is 6.20 Å². The van der Waals surface area contributed by atoms with Crippen LogP contribution in [0.15, 0.2) is 102 Å². The molecule has 1 amide bonds. The number of carbonyl (C=O) groups excluding carboxylic acids is 1. The summed E-state index contributed by atoms with van der Waals surface area (Å²) >= 11 is 0. The molecule has 0 unspecified atom stereocenters. The van der Waals surface area contributed by atoms with Gasteiger partial charge in [0, 0.05) is 18.1 Å². The molecule has 2 N–H and O–H groups in total. The number of rotatable bonds is 2. The summed E-state index contributed by atoms with van der Waals surface area (Å²) in [6.45, 7) is 0. The first-order chi connectivity index (χ1) is 12.7. The molecule has 26 heavy (non-hydrogen) atoms. The first-order valence-electron chi connectivity index (χ1n) is 7.80. The summed E-state index contributed by atoms with van der Waals surface area (Å²) in [4.78, 5) is 16.0. The van der Waals surface area contributed by atoms with Crippen molar-refractivity contribution in [2.45, 2.75) is 0 Å². The van der Waals surface area contributed by atoms with Crippen molar-refractivity contribution in [2.75, 3.05) is 5.32 Å². The van der Waals surface area contributed by atoms with E-state index in [1.54, 1.807) is 24.6 Å². The Hall–Kier alpha value is -3.67. The monoisotopic (exact) mass is 351 g/mol. The molecular weight excluding hydrogens is 333 g/mol. The van der Waals surface area contributed by atoms with Gasteiger partial charge in [-0.15, -0.1) is 0 Å². The summed E-state index contributed by atoms with van der Waals surface area (Å²) in [5, 5.41) is 5.32. The standard InChI is InChI=1S/C20H18FN3O2/c21-17-10-12-18(13-11-17)24-20(25)26-19-16-22-14-8-6-4-2-1-3-5-7-9-15-23-19/h1-16,23H,(H,24,25). The van der Waals surface area contributed by atoms with Crippen LogP contribution in [-0.4, -0.2) is 12.3 Å². The molecule has 0 saturated heterocycles. The smallest absolute Gasteiger partial charge is 0.391 e. The zero-order valence-corrected chi connectivity index (χ0v) is 13.9. The average Bonchev–Trinajstić information content (AvgIpc) is 2.64. The van der Waals surface area contributed by atoms with E-state index in [9.17, 15) is 9.18 Å². The average molecular weight is 351 g/mol. The summed E-state index contributed by atoms with van der Waals surface area (Å²) in [7, 11) is 0. The maximum absolute atomic E-state index is 12.9. The van der Waals surface area contributed by atoms with Crippen molar-refractivity contribution in [3.05, 3.63) is 103 Å². The number of nitrogens with zero attached hydrogens (tertiary/aromatic N) is 1. The zero-order valence-electron chi connectivity index (χ0n) is 13.9. The molecule has 0 fully saturated rings. The van der Waals surface area contributed by atoms with E-state index in [1.807, 2.05) is 42.5 Å². The van der Waals surface area contributed by atoms with Gasteiger partial charge < -0.3 is 10.1 Å². The lowest BCUT2D eigenvalue weighted by molar-refractivity contribution is 0.186. The Bertz CT molecular complexity index is 801. The molecule has 2 rings (SSSR count).